The second-order valence-electron chi connectivity index (χ2n) is 5.95. The topological polar surface area (TPSA) is 46.3 Å². The number of amides is 1. The molecule has 0 spiro atoms. The Labute approximate surface area is 115 Å². The molecule has 1 aliphatic rings. The summed E-state index contributed by atoms with van der Waals surface area (Å²) in [4.78, 5) is 14.2. The van der Waals surface area contributed by atoms with E-state index in [4.69, 9.17) is 5.73 Å². The first-order valence-electron chi connectivity index (χ1n) is 7.03. The average Bonchev–Trinajstić information content (AvgIpc) is 2.80. The van der Waals surface area contributed by atoms with Crippen LogP contribution in [0.25, 0.3) is 0 Å². The van der Waals surface area contributed by atoms with Gasteiger partial charge < -0.3 is 10.6 Å². The molecule has 0 saturated heterocycles. The zero-order valence-electron chi connectivity index (χ0n) is 12.2. The molecule has 19 heavy (non-hydrogen) atoms. The minimum absolute atomic E-state index is 0.0879. The van der Waals surface area contributed by atoms with Gasteiger partial charge in [-0.2, -0.15) is 0 Å². The van der Waals surface area contributed by atoms with Gasteiger partial charge in [0.1, 0.15) is 0 Å². The number of carbonyl (C=O) groups excluding carboxylic acids is 1. The lowest BCUT2D eigenvalue weighted by Gasteiger charge is -2.29. The zero-order valence-corrected chi connectivity index (χ0v) is 12.2. The van der Waals surface area contributed by atoms with Crippen molar-refractivity contribution < 1.29 is 4.79 Å². The molecule has 0 heterocycles. The van der Waals surface area contributed by atoms with E-state index in [0.29, 0.717) is 6.54 Å². The summed E-state index contributed by atoms with van der Waals surface area (Å²) >= 11 is 0. The summed E-state index contributed by atoms with van der Waals surface area (Å²) in [6, 6.07) is 6.35. The Morgan fingerprint density at radius 1 is 1.32 bits per heavy atom. The van der Waals surface area contributed by atoms with Crippen molar-refractivity contribution in [1.29, 1.82) is 0 Å². The first kappa shape index (κ1) is 14.1. The fraction of sp³-hybridized carbons (Fsp3) is 0.562. The van der Waals surface area contributed by atoms with Gasteiger partial charge in [-0.1, -0.05) is 36.6 Å². The molecule has 1 aromatic rings. The van der Waals surface area contributed by atoms with Crippen LogP contribution in [-0.4, -0.2) is 23.4 Å². The number of hydrogen-bond acceptors (Lipinski definition) is 2. The third-order valence-corrected chi connectivity index (χ3v) is 4.17. The maximum Gasteiger partial charge on any atom is 0.242 e. The summed E-state index contributed by atoms with van der Waals surface area (Å²) in [5, 5.41) is 0. The molecule has 0 atom stereocenters. The number of nitrogens with two attached hydrogens (primary N) is 1. The Bertz CT molecular complexity index is 476. The molecule has 0 aromatic heterocycles. The lowest BCUT2D eigenvalue weighted by atomic mass is 9.96. The van der Waals surface area contributed by atoms with Crippen LogP contribution in [-0.2, 0) is 11.3 Å². The quantitative estimate of drug-likeness (QED) is 0.907. The van der Waals surface area contributed by atoms with Gasteiger partial charge in [-0.3, -0.25) is 4.79 Å². The number of nitrogens with zero attached hydrogens (tertiary/aromatic N) is 1. The summed E-state index contributed by atoms with van der Waals surface area (Å²) in [6.45, 7) is 4.82. The number of rotatable bonds is 3. The maximum absolute atomic E-state index is 12.5. The molecule has 3 heteroatoms. The van der Waals surface area contributed by atoms with Crippen molar-refractivity contribution in [2.45, 2.75) is 51.6 Å². The number of benzene rings is 1. The van der Waals surface area contributed by atoms with Gasteiger partial charge in [-0.05, 0) is 37.8 Å². The SMILES string of the molecule is Cc1ccc(CN(C)C(=O)C2(N)CCCC2)c(C)c1. The van der Waals surface area contributed by atoms with Crippen LogP contribution < -0.4 is 5.73 Å². The molecule has 1 fully saturated rings. The first-order chi connectivity index (χ1) is 8.92. The maximum atomic E-state index is 12.5. The third-order valence-electron chi connectivity index (χ3n) is 4.17. The Morgan fingerprint density at radius 2 is 1.95 bits per heavy atom. The molecular formula is C16H24N2O. The van der Waals surface area contributed by atoms with Crippen molar-refractivity contribution in [3.05, 3.63) is 34.9 Å². The number of aryl methyl sites for hydroxylation is 2. The number of carbonyl (C=O) groups is 1. The summed E-state index contributed by atoms with van der Waals surface area (Å²) in [5.74, 6) is 0.0879. The lowest BCUT2D eigenvalue weighted by molar-refractivity contribution is -0.136. The predicted octanol–water partition coefficient (Wildman–Crippen LogP) is 2.53. The van der Waals surface area contributed by atoms with E-state index in [-0.39, 0.29) is 5.91 Å². The fourth-order valence-electron chi connectivity index (χ4n) is 2.95. The first-order valence-corrected chi connectivity index (χ1v) is 7.03. The molecule has 1 aromatic carbocycles. The highest BCUT2D eigenvalue weighted by Gasteiger charge is 2.38. The summed E-state index contributed by atoms with van der Waals surface area (Å²) in [7, 11) is 1.86. The van der Waals surface area contributed by atoms with Gasteiger partial charge in [0.15, 0.2) is 0 Å². The van der Waals surface area contributed by atoms with E-state index in [1.54, 1.807) is 4.90 Å². The van der Waals surface area contributed by atoms with Crippen molar-refractivity contribution in [3.63, 3.8) is 0 Å². The van der Waals surface area contributed by atoms with Gasteiger partial charge >= 0.3 is 0 Å². The van der Waals surface area contributed by atoms with Crippen molar-refractivity contribution in [3.8, 4) is 0 Å². The standard InChI is InChI=1S/C16H24N2O/c1-12-6-7-14(13(2)10-12)11-18(3)15(19)16(17)8-4-5-9-16/h6-7,10H,4-5,8-9,11,17H2,1-3H3. The van der Waals surface area contributed by atoms with Gasteiger partial charge in [0.05, 0.1) is 5.54 Å². The Balaban J connectivity index is 2.08. The van der Waals surface area contributed by atoms with Gasteiger partial charge in [-0.15, -0.1) is 0 Å². The lowest BCUT2D eigenvalue weighted by Crippen LogP contribution is -2.52. The second kappa shape index (κ2) is 5.33. The number of likely N-dealkylation sites (N-methyl/N-ethyl adjacent to an activating group) is 1. The minimum Gasteiger partial charge on any atom is -0.340 e. The molecule has 2 N–H and O–H groups in total. The van der Waals surface area contributed by atoms with E-state index in [2.05, 4.69) is 32.0 Å². The van der Waals surface area contributed by atoms with Crippen LogP contribution in [0.2, 0.25) is 0 Å². The van der Waals surface area contributed by atoms with E-state index >= 15 is 0 Å². The van der Waals surface area contributed by atoms with Crippen LogP contribution in [0.4, 0.5) is 0 Å². The zero-order chi connectivity index (χ0) is 14.0. The Hall–Kier alpha value is -1.35. The molecule has 0 bridgehead atoms. The van der Waals surface area contributed by atoms with Crippen LogP contribution >= 0.6 is 0 Å². The molecule has 1 aliphatic carbocycles. The Morgan fingerprint density at radius 3 is 2.53 bits per heavy atom. The molecule has 3 nitrogen and oxygen atoms in total. The highest BCUT2D eigenvalue weighted by atomic mass is 16.2. The van der Waals surface area contributed by atoms with Gasteiger partial charge in [-0.25, -0.2) is 0 Å². The molecule has 0 unspecified atom stereocenters. The van der Waals surface area contributed by atoms with E-state index in [1.807, 2.05) is 7.05 Å². The van der Waals surface area contributed by atoms with Gasteiger partial charge in [0.2, 0.25) is 5.91 Å². The highest BCUT2D eigenvalue weighted by molar-refractivity contribution is 5.86. The molecule has 1 saturated carbocycles. The van der Waals surface area contributed by atoms with E-state index in [9.17, 15) is 4.79 Å². The minimum atomic E-state index is -0.618. The smallest absolute Gasteiger partial charge is 0.242 e. The van der Waals surface area contributed by atoms with Crippen molar-refractivity contribution in [2.75, 3.05) is 7.05 Å². The van der Waals surface area contributed by atoms with Gasteiger partial charge in [0.25, 0.3) is 0 Å². The highest BCUT2D eigenvalue weighted by Crippen LogP contribution is 2.29. The Kier molecular flexibility index (Phi) is 3.95. The summed E-state index contributed by atoms with van der Waals surface area (Å²) < 4.78 is 0. The number of hydrogen-bond donors (Lipinski definition) is 1. The van der Waals surface area contributed by atoms with E-state index in [1.165, 1.54) is 16.7 Å². The van der Waals surface area contributed by atoms with Crippen LogP contribution in [0.1, 0.15) is 42.4 Å². The van der Waals surface area contributed by atoms with Crippen LogP contribution in [0, 0.1) is 13.8 Å². The molecule has 1 amide bonds. The summed E-state index contributed by atoms with van der Waals surface area (Å²) in [6.07, 6.45) is 3.78. The second-order valence-corrected chi connectivity index (χ2v) is 5.95. The van der Waals surface area contributed by atoms with Crippen molar-refractivity contribution >= 4 is 5.91 Å². The van der Waals surface area contributed by atoms with Gasteiger partial charge in [0, 0.05) is 13.6 Å². The molecule has 104 valence electrons. The molecular weight excluding hydrogens is 236 g/mol. The molecule has 0 aliphatic heterocycles. The average molecular weight is 260 g/mol. The fourth-order valence-corrected chi connectivity index (χ4v) is 2.95. The monoisotopic (exact) mass is 260 g/mol. The normalized spacial score (nSPS) is 17.5. The van der Waals surface area contributed by atoms with Crippen LogP contribution in [0.15, 0.2) is 18.2 Å². The van der Waals surface area contributed by atoms with E-state index < -0.39 is 5.54 Å². The third kappa shape index (κ3) is 2.98. The molecule has 2 rings (SSSR count). The largest absolute Gasteiger partial charge is 0.340 e. The molecule has 0 radical (unpaired) electrons. The summed E-state index contributed by atoms with van der Waals surface area (Å²) in [5.41, 5.74) is 9.29. The van der Waals surface area contributed by atoms with Crippen molar-refractivity contribution in [2.24, 2.45) is 5.73 Å². The van der Waals surface area contributed by atoms with Crippen molar-refractivity contribution in [1.82, 2.24) is 4.90 Å². The van der Waals surface area contributed by atoms with E-state index in [0.717, 1.165) is 25.7 Å². The van der Waals surface area contributed by atoms with Crippen LogP contribution in [0.3, 0.4) is 0 Å². The predicted molar refractivity (Wildman–Crippen MR) is 77.8 cm³/mol. The van der Waals surface area contributed by atoms with Crippen LogP contribution in [0.5, 0.6) is 0 Å².